The Labute approximate surface area is 124 Å². The first-order valence-electron chi connectivity index (χ1n) is 7.06. The molecular weight excluding hydrogens is 268 g/mol. The zero-order valence-electron chi connectivity index (χ0n) is 12.5. The van der Waals surface area contributed by atoms with Gasteiger partial charge in [0, 0.05) is 30.8 Å². The van der Waals surface area contributed by atoms with Crippen LogP contribution < -0.4 is 5.73 Å². The van der Waals surface area contributed by atoms with E-state index < -0.39 is 0 Å². The number of amides is 1. The van der Waals surface area contributed by atoms with E-state index in [1.165, 1.54) is 0 Å². The summed E-state index contributed by atoms with van der Waals surface area (Å²) in [5.74, 6) is 0.0395. The molecule has 1 amide bonds. The van der Waals surface area contributed by atoms with Crippen molar-refractivity contribution in [3.63, 3.8) is 0 Å². The van der Waals surface area contributed by atoms with E-state index in [-0.39, 0.29) is 17.8 Å². The molecule has 1 heterocycles. The molecule has 0 saturated carbocycles. The van der Waals surface area contributed by atoms with Gasteiger partial charge in [-0.05, 0) is 38.6 Å². The first-order valence-corrected chi connectivity index (χ1v) is 7.06. The summed E-state index contributed by atoms with van der Waals surface area (Å²) >= 11 is 0. The molecule has 0 radical (unpaired) electrons. The van der Waals surface area contributed by atoms with Crippen LogP contribution in [-0.2, 0) is 0 Å². The highest BCUT2D eigenvalue weighted by molar-refractivity contribution is 5.99. The molecule has 1 saturated heterocycles. The lowest BCUT2D eigenvalue weighted by Gasteiger charge is -2.35. The quantitative estimate of drug-likeness (QED) is 0.376. The number of carbonyl (C=O) groups excluding carboxylic acids is 1. The molecule has 1 aliphatic heterocycles. The standard InChI is InChI=1S/C15H22N4O2/c1-18-9-3-4-13(10-18)19(2)15(20)12-7-5-11(6-8-12)14(16)17-21/h5-8,13,21H,3-4,9-10H2,1-2H3,(H2,16,17). The normalized spacial score (nSPS) is 20.3. The van der Waals surface area contributed by atoms with Crippen LogP contribution in [0.1, 0.15) is 28.8 Å². The molecule has 6 heteroatoms. The molecule has 1 aromatic rings. The van der Waals surface area contributed by atoms with E-state index in [9.17, 15) is 4.79 Å². The van der Waals surface area contributed by atoms with Crippen molar-refractivity contribution >= 4 is 11.7 Å². The number of carbonyl (C=O) groups is 1. The lowest BCUT2D eigenvalue weighted by molar-refractivity contribution is 0.0644. The van der Waals surface area contributed by atoms with Crippen LogP contribution in [0, 0.1) is 0 Å². The number of benzene rings is 1. The fraction of sp³-hybridized carbons (Fsp3) is 0.467. The second-order valence-electron chi connectivity index (χ2n) is 5.54. The van der Waals surface area contributed by atoms with Crippen LogP contribution in [0.15, 0.2) is 29.4 Å². The Kier molecular flexibility index (Phi) is 4.80. The minimum Gasteiger partial charge on any atom is -0.409 e. The van der Waals surface area contributed by atoms with Crippen LogP contribution in [0.25, 0.3) is 0 Å². The van der Waals surface area contributed by atoms with Gasteiger partial charge in [0.05, 0.1) is 0 Å². The highest BCUT2D eigenvalue weighted by atomic mass is 16.4. The molecule has 21 heavy (non-hydrogen) atoms. The van der Waals surface area contributed by atoms with Crippen LogP contribution in [0.5, 0.6) is 0 Å². The summed E-state index contributed by atoms with van der Waals surface area (Å²) in [5.41, 5.74) is 6.71. The van der Waals surface area contributed by atoms with Gasteiger partial charge >= 0.3 is 0 Å². The van der Waals surface area contributed by atoms with Crippen LogP contribution in [-0.4, -0.2) is 60.0 Å². The molecule has 0 bridgehead atoms. The fourth-order valence-electron chi connectivity index (χ4n) is 2.67. The Bertz CT molecular complexity index is 527. The highest BCUT2D eigenvalue weighted by Gasteiger charge is 2.25. The van der Waals surface area contributed by atoms with Crippen LogP contribution >= 0.6 is 0 Å². The van der Waals surface area contributed by atoms with Gasteiger partial charge in [-0.25, -0.2) is 0 Å². The van der Waals surface area contributed by atoms with E-state index in [0.29, 0.717) is 11.1 Å². The van der Waals surface area contributed by atoms with Crippen molar-refractivity contribution < 1.29 is 10.0 Å². The van der Waals surface area contributed by atoms with E-state index in [1.54, 1.807) is 24.3 Å². The Morgan fingerprint density at radius 1 is 1.38 bits per heavy atom. The number of amidine groups is 1. The summed E-state index contributed by atoms with van der Waals surface area (Å²) < 4.78 is 0. The second-order valence-corrected chi connectivity index (χ2v) is 5.54. The number of likely N-dealkylation sites (N-methyl/N-ethyl adjacent to an activating group) is 2. The summed E-state index contributed by atoms with van der Waals surface area (Å²) in [6, 6.07) is 7.03. The lowest BCUT2D eigenvalue weighted by atomic mass is 10.0. The predicted octanol–water partition coefficient (Wildman–Crippen LogP) is 0.947. The SMILES string of the molecule is CN1CCCC(N(C)C(=O)c2ccc(C(N)=NO)cc2)C1. The molecule has 114 valence electrons. The monoisotopic (exact) mass is 290 g/mol. The number of likely N-dealkylation sites (tertiary alicyclic amines) is 1. The van der Waals surface area contributed by atoms with Crippen LogP contribution in [0.4, 0.5) is 0 Å². The first kappa shape index (κ1) is 15.3. The largest absolute Gasteiger partial charge is 0.409 e. The van der Waals surface area contributed by atoms with Gasteiger partial charge < -0.3 is 20.7 Å². The number of rotatable bonds is 3. The maximum atomic E-state index is 12.5. The van der Waals surface area contributed by atoms with E-state index in [1.807, 2.05) is 11.9 Å². The van der Waals surface area contributed by atoms with Gasteiger partial charge in [-0.1, -0.05) is 17.3 Å². The van der Waals surface area contributed by atoms with Crippen molar-refractivity contribution in [3.05, 3.63) is 35.4 Å². The van der Waals surface area contributed by atoms with Crippen LogP contribution in [0.3, 0.4) is 0 Å². The zero-order chi connectivity index (χ0) is 15.4. The van der Waals surface area contributed by atoms with Gasteiger partial charge in [0.1, 0.15) is 0 Å². The molecule has 0 aromatic heterocycles. The molecule has 6 nitrogen and oxygen atoms in total. The summed E-state index contributed by atoms with van der Waals surface area (Å²) in [5, 5.41) is 11.6. The molecule has 1 fully saturated rings. The molecule has 1 aromatic carbocycles. The first-order chi connectivity index (χ1) is 10.0. The summed E-state index contributed by atoms with van der Waals surface area (Å²) in [6.45, 7) is 2.00. The average Bonchev–Trinajstić information content (AvgIpc) is 2.53. The second kappa shape index (κ2) is 6.58. The third-order valence-electron chi connectivity index (χ3n) is 4.00. The summed E-state index contributed by atoms with van der Waals surface area (Å²) in [7, 11) is 3.93. The molecule has 1 unspecified atom stereocenters. The third kappa shape index (κ3) is 3.52. The van der Waals surface area contributed by atoms with Gasteiger partial charge in [-0.15, -0.1) is 0 Å². The average molecular weight is 290 g/mol. The van der Waals surface area contributed by atoms with Gasteiger partial charge in [0.2, 0.25) is 0 Å². The Morgan fingerprint density at radius 3 is 2.57 bits per heavy atom. The number of nitrogens with zero attached hydrogens (tertiary/aromatic N) is 3. The van der Waals surface area contributed by atoms with E-state index in [0.717, 1.165) is 25.9 Å². The molecular formula is C15H22N4O2. The topological polar surface area (TPSA) is 82.2 Å². The maximum Gasteiger partial charge on any atom is 0.253 e. The molecule has 1 atom stereocenters. The minimum absolute atomic E-state index is 0.00126. The van der Waals surface area contributed by atoms with E-state index in [2.05, 4.69) is 17.1 Å². The molecule has 3 N–H and O–H groups in total. The van der Waals surface area contributed by atoms with Gasteiger partial charge in [-0.3, -0.25) is 4.79 Å². The Morgan fingerprint density at radius 2 is 2.00 bits per heavy atom. The van der Waals surface area contributed by atoms with E-state index >= 15 is 0 Å². The van der Waals surface area contributed by atoms with Gasteiger partial charge in [-0.2, -0.15) is 0 Å². The number of nitrogens with two attached hydrogens (primary N) is 1. The smallest absolute Gasteiger partial charge is 0.253 e. The number of hydrogen-bond acceptors (Lipinski definition) is 4. The zero-order valence-corrected chi connectivity index (χ0v) is 12.5. The van der Waals surface area contributed by atoms with Crippen molar-refractivity contribution in [2.75, 3.05) is 27.2 Å². The van der Waals surface area contributed by atoms with Gasteiger partial charge in [0.15, 0.2) is 5.84 Å². The number of oxime groups is 1. The van der Waals surface area contributed by atoms with Crippen LogP contribution in [0.2, 0.25) is 0 Å². The van der Waals surface area contributed by atoms with Crippen molar-refractivity contribution in [1.29, 1.82) is 0 Å². The third-order valence-corrected chi connectivity index (χ3v) is 4.00. The molecule has 1 aliphatic rings. The molecule has 2 rings (SSSR count). The maximum absolute atomic E-state index is 12.5. The van der Waals surface area contributed by atoms with E-state index in [4.69, 9.17) is 10.9 Å². The predicted molar refractivity (Wildman–Crippen MR) is 81.6 cm³/mol. The van der Waals surface area contributed by atoms with Crippen molar-refractivity contribution in [2.24, 2.45) is 10.9 Å². The van der Waals surface area contributed by atoms with Crippen molar-refractivity contribution in [1.82, 2.24) is 9.80 Å². The molecule has 0 spiro atoms. The minimum atomic E-state index is 0.00126. The van der Waals surface area contributed by atoms with Crippen molar-refractivity contribution in [2.45, 2.75) is 18.9 Å². The number of hydrogen-bond donors (Lipinski definition) is 2. The lowest BCUT2D eigenvalue weighted by Crippen LogP contribution is -2.47. The molecule has 0 aliphatic carbocycles. The summed E-state index contributed by atoms with van der Waals surface area (Å²) in [4.78, 5) is 16.6. The fourth-order valence-corrected chi connectivity index (χ4v) is 2.67. The number of piperidine rings is 1. The Balaban J connectivity index is 2.08. The highest BCUT2D eigenvalue weighted by Crippen LogP contribution is 2.16. The Hall–Kier alpha value is -2.08. The van der Waals surface area contributed by atoms with Gasteiger partial charge in [0.25, 0.3) is 5.91 Å². The van der Waals surface area contributed by atoms with Crippen molar-refractivity contribution in [3.8, 4) is 0 Å². The summed E-state index contributed by atoms with van der Waals surface area (Å²) in [6.07, 6.45) is 2.15.